The maximum atomic E-state index is 12.1. The second-order valence-corrected chi connectivity index (χ2v) is 8.70. The number of aromatic nitrogens is 1. The van der Waals surface area contributed by atoms with Gasteiger partial charge >= 0.3 is 12.1 Å². The van der Waals surface area contributed by atoms with Gasteiger partial charge in [0.2, 0.25) is 0 Å². The fourth-order valence-electron chi connectivity index (χ4n) is 3.46. The van der Waals surface area contributed by atoms with Crippen molar-refractivity contribution in [2.45, 2.75) is 18.8 Å². The predicted molar refractivity (Wildman–Crippen MR) is 104 cm³/mol. The summed E-state index contributed by atoms with van der Waals surface area (Å²) in [6.45, 7) is 4.36. The number of ether oxygens (including phenoxy) is 1. The number of carbonyl (C=O) groups is 2. The molecule has 0 aliphatic carbocycles. The average Bonchev–Trinajstić information content (AvgIpc) is 3.45. The maximum absolute atomic E-state index is 12.1. The van der Waals surface area contributed by atoms with Crippen LogP contribution in [0, 0.1) is 11.8 Å². The second-order valence-electron chi connectivity index (χ2n) is 6.94. The van der Waals surface area contributed by atoms with Crippen molar-refractivity contribution in [3.8, 4) is 0 Å². The van der Waals surface area contributed by atoms with Crippen LogP contribution in [-0.2, 0) is 16.1 Å². The molecular weight excluding hydrogens is 443 g/mol. The molecule has 2 aromatic rings. The molecule has 0 saturated carbocycles. The highest BCUT2D eigenvalue weighted by Crippen LogP contribution is 2.34. The third-order valence-electron chi connectivity index (χ3n) is 4.91. The number of alkyl halides is 3. The standard InChI is InChI=1S/C16H19N3O2S2.C2HF3O2/c20-16(11-1-3-22-10-11)18-5-12-9-21-14-7-19(6-13(12)14)8-15-17-2-4-23-15;3-2(4,5)1(6)7/h1-4,10,12-14H,5-9H2,(H,18,20);(H,6,7)/t12-,13+,14+;/m0./s1. The number of halogens is 3. The lowest BCUT2D eigenvalue weighted by Crippen LogP contribution is -2.34. The molecule has 2 aromatic heterocycles. The van der Waals surface area contributed by atoms with Crippen LogP contribution in [0.4, 0.5) is 13.2 Å². The molecule has 4 rings (SSSR count). The lowest BCUT2D eigenvalue weighted by molar-refractivity contribution is -0.192. The summed E-state index contributed by atoms with van der Waals surface area (Å²) in [5.74, 6) is -1.82. The number of likely N-dealkylation sites (tertiary alicyclic amines) is 1. The summed E-state index contributed by atoms with van der Waals surface area (Å²) < 4.78 is 37.7. The molecule has 12 heteroatoms. The van der Waals surface area contributed by atoms with Gasteiger partial charge in [-0.25, -0.2) is 9.78 Å². The Bertz CT molecular complexity index is 830. The summed E-state index contributed by atoms with van der Waals surface area (Å²) in [5, 5.41) is 17.2. The number of carboxylic acid groups (broad SMARTS) is 1. The van der Waals surface area contributed by atoms with Crippen LogP contribution in [0.1, 0.15) is 15.4 Å². The monoisotopic (exact) mass is 463 g/mol. The minimum atomic E-state index is -5.08. The number of nitrogens with zero attached hydrogens (tertiary/aromatic N) is 2. The highest BCUT2D eigenvalue weighted by molar-refractivity contribution is 7.09. The van der Waals surface area contributed by atoms with Crippen LogP contribution in [0.3, 0.4) is 0 Å². The normalized spacial score (nSPS) is 23.5. The van der Waals surface area contributed by atoms with E-state index in [0.717, 1.165) is 36.8 Å². The summed E-state index contributed by atoms with van der Waals surface area (Å²) in [4.78, 5) is 27.7. The van der Waals surface area contributed by atoms with Crippen molar-refractivity contribution >= 4 is 34.6 Å². The van der Waals surface area contributed by atoms with Gasteiger partial charge in [0.25, 0.3) is 5.91 Å². The number of thiophene rings is 1. The zero-order chi connectivity index (χ0) is 21.7. The number of hydrogen-bond donors (Lipinski definition) is 2. The molecule has 4 heterocycles. The van der Waals surface area contributed by atoms with Gasteiger partial charge in [0.05, 0.1) is 19.3 Å². The molecule has 1 amide bonds. The van der Waals surface area contributed by atoms with Gasteiger partial charge in [0, 0.05) is 54.0 Å². The van der Waals surface area contributed by atoms with Crippen LogP contribution in [0.25, 0.3) is 0 Å². The molecule has 0 radical (unpaired) electrons. The smallest absolute Gasteiger partial charge is 0.475 e. The van der Waals surface area contributed by atoms with Crippen LogP contribution >= 0.6 is 22.7 Å². The van der Waals surface area contributed by atoms with E-state index in [1.807, 2.05) is 28.4 Å². The van der Waals surface area contributed by atoms with Crippen molar-refractivity contribution in [3.63, 3.8) is 0 Å². The summed E-state index contributed by atoms with van der Waals surface area (Å²) in [7, 11) is 0. The van der Waals surface area contributed by atoms with Crippen molar-refractivity contribution in [1.29, 1.82) is 0 Å². The number of thiazole rings is 1. The van der Waals surface area contributed by atoms with Crippen LogP contribution in [0.5, 0.6) is 0 Å². The van der Waals surface area contributed by atoms with Gasteiger partial charge in [0.1, 0.15) is 5.01 Å². The molecule has 3 atom stereocenters. The van der Waals surface area contributed by atoms with E-state index in [9.17, 15) is 18.0 Å². The van der Waals surface area contributed by atoms with Crippen molar-refractivity contribution in [2.75, 3.05) is 26.2 Å². The van der Waals surface area contributed by atoms with E-state index in [1.54, 1.807) is 22.7 Å². The number of nitrogens with one attached hydrogen (secondary N) is 1. The quantitative estimate of drug-likeness (QED) is 0.709. The lowest BCUT2D eigenvalue weighted by atomic mass is 9.93. The van der Waals surface area contributed by atoms with Crippen LogP contribution in [0.15, 0.2) is 28.4 Å². The fourth-order valence-corrected chi connectivity index (χ4v) is 4.75. The van der Waals surface area contributed by atoms with Gasteiger partial charge in [-0.1, -0.05) is 0 Å². The van der Waals surface area contributed by atoms with E-state index in [1.165, 1.54) is 0 Å². The summed E-state index contributed by atoms with van der Waals surface area (Å²) in [5.41, 5.74) is 0.752. The Morgan fingerprint density at radius 2 is 2.10 bits per heavy atom. The van der Waals surface area contributed by atoms with E-state index in [4.69, 9.17) is 14.6 Å². The van der Waals surface area contributed by atoms with Crippen molar-refractivity contribution < 1.29 is 32.6 Å². The molecule has 2 N–H and O–H groups in total. The Labute approximate surface area is 178 Å². The van der Waals surface area contributed by atoms with E-state index >= 15 is 0 Å². The number of hydrogen-bond acceptors (Lipinski definition) is 7. The fraction of sp³-hybridized carbons (Fsp3) is 0.500. The molecular formula is C18H20F3N3O4S2. The largest absolute Gasteiger partial charge is 0.490 e. The molecule has 7 nitrogen and oxygen atoms in total. The third kappa shape index (κ3) is 6.00. The number of rotatable bonds is 5. The minimum absolute atomic E-state index is 0.0207. The first-order chi connectivity index (χ1) is 14.2. The molecule has 2 aliphatic heterocycles. The Morgan fingerprint density at radius 3 is 2.70 bits per heavy atom. The number of aliphatic carboxylic acids is 1. The van der Waals surface area contributed by atoms with Gasteiger partial charge in [-0.2, -0.15) is 24.5 Å². The van der Waals surface area contributed by atoms with E-state index < -0.39 is 12.1 Å². The van der Waals surface area contributed by atoms with Gasteiger partial charge in [-0.3, -0.25) is 9.69 Å². The molecule has 2 saturated heterocycles. The van der Waals surface area contributed by atoms with Crippen molar-refractivity contribution in [2.24, 2.45) is 11.8 Å². The zero-order valence-electron chi connectivity index (χ0n) is 15.7. The predicted octanol–water partition coefficient (Wildman–Crippen LogP) is 2.71. The van der Waals surface area contributed by atoms with Crippen LogP contribution < -0.4 is 5.32 Å². The average molecular weight is 464 g/mol. The number of fused-ring (bicyclic) bond motifs is 1. The van der Waals surface area contributed by atoms with E-state index in [0.29, 0.717) is 24.5 Å². The van der Waals surface area contributed by atoms with Crippen LogP contribution in [-0.4, -0.2) is 65.4 Å². The van der Waals surface area contributed by atoms with Crippen molar-refractivity contribution in [1.82, 2.24) is 15.2 Å². The number of amides is 1. The van der Waals surface area contributed by atoms with Gasteiger partial charge in [-0.05, 0) is 11.4 Å². The Morgan fingerprint density at radius 1 is 1.33 bits per heavy atom. The zero-order valence-corrected chi connectivity index (χ0v) is 17.3. The third-order valence-corrected chi connectivity index (χ3v) is 6.36. The number of carbonyl (C=O) groups excluding carboxylic acids is 1. The molecule has 30 heavy (non-hydrogen) atoms. The Kier molecular flexibility index (Phi) is 7.45. The summed E-state index contributed by atoms with van der Waals surface area (Å²) in [6, 6.07) is 1.86. The second kappa shape index (κ2) is 9.86. The Balaban J connectivity index is 0.000000318. The molecule has 0 aromatic carbocycles. The summed E-state index contributed by atoms with van der Waals surface area (Å²) in [6.07, 6.45) is -2.92. The minimum Gasteiger partial charge on any atom is -0.475 e. The van der Waals surface area contributed by atoms with E-state index in [-0.39, 0.29) is 5.91 Å². The summed E-state index contributed by atoms with van der Waals surface area (Å²) >= 11 is 3.25. The highest BCUT2D eigenvalue weighted by atomic mass is 32.1. The SMILES string of the molecule is O=C(NC[C@H]1CO[C@@H]2CN(Cc3nccs3)C[C@H]12)c1ccsc1.O=C(O)C(F)(F)F. The van der Waals surface area contributed by atoms with Crippen LogP contribution in [0.2, 0.25) is 0 Å². The first kappa shape index (κ1) is 22.7. The van der Waals surface area contributed by atoms with Gasteiger partial charge in [-0.15, -0.1) is 11.3 Å². The first-order valence-corrected chi connectivity index (χ1v) is 10.9. The molecule has 2 fully saturated rings. The molecule has 0 unspecified atom stereocenters. The topological polar surface area (TPSA) is 91.8 Å². The molecule has 2 aliphatic rings. The van der Waals surface area contributed by atoms with Gasteiger partial charge in [0.15, 0.2) is 0 Å². The molecule has 0 spiro atoms. The maximum Gasteiger partial charge on any atom is 0.490 e. The number of carboxylic acids is 1. The van der Waals surface area contributed by atoms with Crippen molar-refractivity contribution in [3.05, 3.63) is 39.0 Å². The molecule has 0 bridgehead atoms. The van der Waals surface area contributed by atoms with E-state index in [2.05, 4.69) is 15.2 Å². The first-order valence-electron chi connectivity index (χ1n) is 9.07. The Hall–Kier alpha value is -2.02. The van der Waals surface area contributed by atoms with Gasteiger partial charge < -0.3 is 15.2 Å². The lowest BCUT2D eigenvalue weighted by Gasteiger charge is -2.19. The highest BCUT2D eigenvalue weighted by Gasteiger charge is 2.43. The molecule has 164 valence electrons.